The number of hydrogen-bond acceptors (Lipinski definition) is 3. The second-order valence-electron chi connectivity index (χ2n) is 6.52. The fourth-order valence-electron chi connectivity index (χ4n) is 2.61. The van der Waals surface area contributed by atoms with Gasteiger partial charge in [-0.3, -0.25) is 14.6 Å². The lowest BCUT2D eigenvalue weighted by atomic mass is 10.1. The minimum atomic E-state index is 0.00243. The minimum Gasteiger partial charge on any atom is -0.352 e. The molecule has 5 nitrogen and oxygen atoms in total. The predicted octanol–water partition coefficient (Wildman–Crippen LogP) is 2.42. The number of carbonyl (C=O) groups excluding carboxylic acids is 2. The van der Waals surface area contributed by atoms with Gasteiger partial charge >= 0.3 is 0 Å². The summed E-state index contributed by atoms with van der Waals surface area (Å²) in [6, 6.07) is 11.4. The Balaban J connectivity index is 1.50. The van der Waals surface area contributed by atoms with Gasteiger partial charge in [-0.05, 0) is 54.7 Å². The molecule has 0 saturated heterocycles. The maximum Gasteiger partial charge on any atom is 0.253 e. The van der Waals surface area contributed by atoms with Crippen LogP contribution >= 0.6 is 0 Å². The number of aromatic nitrogens is 1. The first kappa shape index (κ1) is 17.1. The maximum atomic E-state index is 12.5. The number of carbonyl (C=O) groups is 2. The third kappa shape index (κ3) is 4.89. The predicted molar refractivity (Wildman–Crippen MR) is 95.9 cm³/mol. The van der Waals surface area contributed by atoms with E-state index in [-0.39, 0.29) is 17.7 Å². The van der Waals surface area contributed by atoms with Crippen LogP contribution in [0.1, 0.15) is 34.3 Å². The first-order valence-electron chi connectivity index (χ1n) is 8.64. The highest BCUT2D eigenvalue weighted by Gasteiger charge is 2.29. The van der Waals surface area contributed by atoms with Crippen molar-refractivity contribution in [1.29, 1.82) is 0 Å². The summed E-state index contributed by atoms with van der Waals surface area (Å²) in [6.07, 6.45) is 6.34. The lowest BCUT2D eigenvalue weighted by Crippen LogP contribution is -2.29. The van der Waals surface area contributed by atoms with Gasteiger partial charge in [0, 0.05) is 44.0 Å². The van der Waals surface area contributed by atoms with Crippen molar-refractivity contribution in [3.63, 3.8) is 0 Å². The Morgan fingerprint density at radius 2 is 1.76 bits per heavy atom. The summed E-state index contributed by atoms with van der Waals surface area (Å²) in [7, 11) is 1.81. The van der Waals surface area contributed by atoms with Crippen molar-refractivity contribution in [3.8, 4) is 0 Å². The Morgan fingerprint density at radius 3 is 2.40 bits per heavy atom. The summed E-state index contributed by atoms with van der Waals surface area (Å²) in [5.74, 6) is 0.355. The molecule has 1 heterocycles. The third-order valence-corrected chi connectivity index (χ3v) is 4.45. The molecule has 0 radical (unpaired) electrons. The van der Waals surface area contributed by atoms with E-state index in [2.05, 4.69) is 10.3 Å². The zero-order valence-corrected chi connectivity index (χ0v) is 14.4. The van der Waals surface area contributed by atoms with Crippen LogP contribution in [0, 0.1) is 5.92 Å². The normalized spacial score (nSPS) is 13.3. The molecule has 3 rings (SSSR count). The zero-order chi connectivity index (χ0) is 17.6. The largest absolute Gasteiger partial charge is 0.352 e. The SMILES string of the molecule is CN(CCc1ccncc1)C(=O)c1ccc(CNC(=O)C2CC2)cc1. The van der Waals surface area contributed by atoms with E-state index in [9.17, 15) is 9.59 Å². The molecule has 1 aliphatic carbocycles. The quantitative estimate of drug-likeness (QED) is 0.844. The minimum absolute atomic E-state index is 0.00243. The second-order valence-corrected chi connectivity index (χ2v) is 6.52. The van der Waals surface area contributed by atoms with Gasteiger partial charge in [0.2, 0.25) is 5.91 Å². The summed E-state index contributed by atoms with van der Waals surface area (Å²) in [5.41, 5.74) is 2.83. The van der Waals surface area contributed by atoms with Gasteiger partial charge in [0.25, 0.3) is 5.91 Å². The molecule has 0 atom stereocenters. The fourth-order valence-corrected chi connectivity index (χ4v) is 2.61. The summed E-state index contributed by atoms with van der Waals surface area (Å²) >= 11 is 0. The van der Waals surface area contributed by atoms with Gasteiger partial charge in [-0.2, -0.15) is 0 Å². The Hall–Kier alpha value is -2.69. The molecule has 1 aromatic heterocycles. The molecule has 25 heavy (non-hydrogen) atoms. The average molecular weight is 337 g/mol. The van der Waals surface area contributed by atoms with Crippen molar-refractivity contribution < 1.29 is 9.59 Å². The van der Waals surface area contributed by atoms with E-state index >= 15 is 0 Å². The van der Waals surface area contributed by atoms with Crippen molar-refractivity contribution in [2.24, 2.45) is 5.92 Å². The van der Waals surface area contributed by atoms with Gasteiger partial charge in [-0.1, -0.05) is 12.1 Å². The molecule has 1 fully saturated rings. The molecule has 1 aliphatic rings. The number of likely N-dealkylation sites (N-methyl/N-ethyl adjacent to an activating group) is 1. The van der Waals surface area contributed by atoms with Gasteiger partial charge in [0.05, 0.1) is 0 Å². The third-order valence-electron chi connectivity index (χ3n) is 4.45. The van der Waals surface area contributed by atoms with Gasteiger partial charge in [-0.25, -0.2) is 0 Å². The molecule has 1 saturated carbocycles. The Bertz CT molecular complexity index is 724. The number of pyridine rings is 1. The van der Waals surface area contributed by atoms with Crippen molar-refractivity contribution in [2.75, 3.05) is 13.6 Å². The van der Waals surface area contributed by atoms with Crippen LogP contribution in [0.2, 0.25) is 0 Å². The lowest BCUT2D eigenvalue weighted by molar-refractivity contribution is -0.122. The van der Waals surface area contributed by atoms with Crippen molar-refractivity contribution in [1.82, 2.24) is 15.2 Å². The van der Waals surface area contributed by atoms with Crippen LogP contribution in [0.4, 0.5) is 0 Å². The van der Waals surface area contributed by atoms with E-state index in [4.69, 9.17) is 0 Å². The summed E-state index contributed by atoms with van der Waals surface area (Å²) < 4.78 is 0. The van der Waals surface area contributed by atoms with Crippen LogP contribution in [0.15, 0.2) is 48.8 Å². The first-order chi connectivity index (χ1) is 12.1. The number of rotatable bonds is 7. The monoisotopic (exact) mass is 337 g/mol. The smallest absolute Gasteiger partial charge is 0.253 e. The van der Waals surface area contributed by atoms with Crippen molar-refractivity contribution >= 4 is 11.8 Å². The van der Waals surface area contributed by atoms with Crippen molar-refractivity contribution in [2.45, 2.75) is 25.8 Å². The number of amides is 2. The van der Waals surface area contributed by atoms with Gasteiger partial charge < -0.3 is 10.2 Å². The van der Waals surface area contributed by atoms with E-state index < -0.39 is 0 Å². The molecule has 130 valence electrons. The second kappa shape index (κ2) is 7.92. The van der Waals surface area contributed by atoms with E-state index in [0.717, 1.165) is 30.4 Å². The zero-order valence-electron chi connectivity index (χ0n) is 14.4. The van der Waals surface area contributed by atoms with E-state index in [1.54, 1.807) is 17.3 Å². The Kier molecular flexibility index (Phi) is 5.43. The molecule has 2 amide bonds. The molecular weight excluding hydrogens is 314 g/mol. The molecule has 5 heteroatoms. The maximum absolute atomic E-state index is 12.5. The number of nitrogens with one attached hydrogen (secondary N) is 1. The Labute approximate surface area is 148 Å². The highest BCUT2D eigenvalue weighted by atomic mass is 16.2. The average Bonchev–Trinajstić information content (AvgIpc) is 3.50. The fraction of sp³-hybridized carbons (Fsp3) is 0.350. The van der Waals surface area contributed by atoms with E-state index in [1.807, 2.05) is 43.4 Å². The first-order valence-corrected chi connectivity index (χ1v) is 8.64. The van der Waals surface area contributed by atoms with E-state index in [0.29, 0.717) is 18.7 Å². The highest BCUT2D eigenvalue weighted by Crippen LogP contribution is 2.28. The summed E-state index contributed by atoms with van der Waals surface area (Å²) in [6.45, 7) is 1.17. The molecule has 1 N–H and O–H groups in total. The van der Waals surface area contributed by atoms with Gasteiger partial charge in [-0.15, -0.1) is 0 Å². The van der Waals surface area contributed by atoms with Crippen LogP contribution in [0.5, 0.6) is 0 Å². The van der Waals surface area contributed by atoms with Crippen LogP contribution < -0.4 is 5.32 Å². The highest BCUT2D eigenvalue weighted by molar-refractivity contribution is 5.94. The molecular formula is C20H23N3O2. The summed E-state index contributed by atoms with van der Waals surface area (Å²) in [4.78, 5) is 29.9. The standard InChI is InChI=1S/C20H23N3O2/c1-23(13-10-15-8-11-21-12-9-15)20(25)18-4-2-16(3-5-18)14-22-19(24)17-6-7-17/h2-5,8-9,11-12,17H,6-7,10,13-14H2,1H3,(H,22,24). The van der Waals surface area contributed by atoms with Gasteiger partial charge in [0.1, 0.15) is 0 Å². The number of benzene rings is 1. The van der Waals surface area contributed by atoms with Crippen LogP contribution in [0.3, 0.4) is 0 Å². The van der Waals surface area contributed by atoms with Crippen LogP contribution in [-0.4, -0.2) is 35.3 Å². The molecule has 0 unspecified atom stereocenters. The molecule has 1 aromatic carbocycles. The summed E-state index contributed by atoms with van der Waals surface area (Å²) in [5, 5.41) is 2.93. The topological polar surface area (TPSA) is 62.3 Å². The molecule has 2 aromatic rings. The number of hydrogen-bond donors (Lipinski definition) is 1. The van der Waals surface area contributed by atoms with Crippen LogP contribution in [0.25, 0.3) is 0 Å². The molecule has 0 bridgehead atoms. The van der Waals surface area contributed by atoms with Crippen molar-refractivity contribution in [3.05, 3.63) is 65.5 Å². The molecule has 0 aliphatic heterocycles. The van der Waals surface area contributed by atoms with E-state index in [1.165, 1.54) is 0 Å². The van der Waals surface area contributed by atoms with Crippen LogP contribution in [-0.2, 0) is 17.8 Å². The lowest BCUT2D eigenvalue weighted by Gasteiger charge is -2.17. The number of nitrogens with zero attached hydrogens (tertiary/aromatic N) is 2. The molecule has 0 spiro atoms. The van der Waals surface area contributed by atoms with Gasteiger partial charge in [0.15, 0.2) is 0 Å². The Morgan fingerprint density at radius 1 is 1.08 bits per heavy atom.